The van der Waals surface area contributed by atoms with E-state index in [1.165, 1.54) is 42.5 Å². The van der Waals surface area contributed by atoms with Gasteiger partial charge in [-0.25, -0.2) is 13.2 Å². The largest absolute Gasteiger partial charge is 0.351 e. The van der Waals surface area contributed by atoms with Crippen LogP contribution in [0.2, 0.25) is 5.28 Å². The van der Waals surface area contributed by atoms with Crippen LogP contribution in [0.5, 0.6) is 0 Å². The fourth-order valence-electron chi connectivity index (χ4n) is 4.56. The van der Waals surface area contributed by atoms with Crippen LogP contribution in [0.25, 0.3) is 10.8 Å². The van der Waals surface area contributed by atoms with Crippen LogP contribution >= 0.6 is 22.5 Å². The minimum atomic E-state index is -5.15. The quantitative estimate of drug-likeness (QED) is 0.0508. The molecule has 1 heterocycles. The van der Waals surface area contributed by atoms with Gasteiger partial charge in [-0.3, -0.25) is 9.11 Å². The average molecular weight is 842 g/mol. The highest BCUT2D eigenvalue weighted by molar-refractivity contribution is 8.19. The van der Waals surface area contributed by atoms with Gasteiger partial charge in [0.25, 0.3) is 20.2 Å². The van der Waals surface area contributed by atoms with Crippen LogP contribution in [0.15, 0.2) is 109 Å². The second-order valence-corrected chi connectivity index (χ2v) is 17.1. The molecule has 0 bridgehead atoms. The maximum Gasteiger partial charge on any atom is 0.316 e. The summed E-state index contributed by atoms with van der Waals surface area (Å²) < 4.78 is 122. The topological polar surface area (TPSA) is 346 Å². The van der Waals surface area contributed by atoms with Crippen LogP contribution in [0.3, 0.4) is 0 Å². The molecule has 10 N–H and O–H groups in total. The number of fused-ring (bicyclic) bond motifs is 1. The summed E-state index contributed by atoms with van der Waals surface area (Å²) in [6, 6.07) is 11.2. The molecule has 284 valence electrons. The van der Waals surface area contributed by atoms with E-state index >= 15 is 0 Å². The Labute approximate surface area is 311 Å². The van der Waals surface area contributed by atoms with Crippen LogP contribution in [0.1, 0.15) is 0 Å². The number of hydrogen-bond acceptors (Lipinski definition) is 17. The number of primary amides is 1. The molecule has 0 aliphatic rings. The first-order chi connectivity index (χ1) is 25.0. The molecule has 0 fully saturated rings. The van der Waals surface area contributed by atoms with Crippen molar-refractivity contribution in [2.75, 3.05) is 16.0 Å². The lowest BCUT2D eigenvalue weighted by atomic mass is 10.1. The van der Waals surface area contributed by atoms with Crippen molar-refractivity contribution in [1.29, 1.82) is 0 Å². The highest BCUT2D eigenvalue weighted by Crippen LogP contribution is 2.47. The van der Waals surface area contributed by atoms with Gasteiger partial charge in [-0.1, -0.05) is 6.58 Å². The standard InChI is InChI=1S/C28H24ClN9O12S4/c1-2-51(40,41)17-6-3-15(4-7-17)31-27-34-25(29)35-28(36-27)32-16-5-8-20(21(11-16)33-26(30)39)37-38-22-13-19-14(10-24(22)54(48,49)50)9-18(52(42,43)44)12-23(19)53(45,46)47/h2-13,42-44H,1H2,(H3,30,33,39)(H,45,46,47)(H,48,49,50)(H2,31,32,34,35,36). The third-order valence-electron chi connectivity index (χ3n) is 6.88. The first kappa shape index (κ1) is 39.8. The summed E-state index contributed by atoms with van der Waals surface area (Å²) in [5.41, 5.74) is 4.92. The zero-order valence-corrected chi connectivity index (χ0v) is 30.6. The van der Waals surface area contributed by atoms with E-state index in [9.17, 15) is 52.8 Å². The number of rotatable bonds is 12. The average Bonchev–Trinajstić information content (AvgIpc) is 3.05. The molecule has 26 heteroatoms. The van der Waals surface area contributed by atoms with Gasteiger partial charge in [0.2, 0.25) is 17.2 Å². The van der Waals surface area contributed by atoms with Crippen LogP contribution in [-0.2, 0) is 30.1 Å². The van der Waals surface area contributed by atoms with Crippen molar-refractivity contribution in [3.8, 4) is 0 Å². The molecule has 0 radical (unpaired) electrons. The Bertz CT molecular complexity index is 2710. The predicted molar refractivity (Wildman–Crippen MR) is 196 cm³/mol. The number of urea groups is 1. The second kappa shape index (κ2) is 14.8. The third kappa shape index (κ3) is 9.41. The van der Waals surface area contributed by atoms with Crippen molar-refractivity contribution in [3.63, 3.8) is 0 Å². The van der Waals surface area contributed by atoms with Crippen molar-refractivity contribution >= 4 is 110 Å². The smallest absolute Gasteiger partial charge is 0.316 e. The predicted octanol–water partition coefficient (Wildman–Crippen LogP) is 6.06. The number of aromatic nitrogens is 3. The normalized spacial score (nSPS) is 12.8. The number of hydrogen-bond donors (Lipinski definition) is 9. The van der Waals surface area contributed by atoms with E-state index < -0.39 is 72.7 Å². The van der Waals surface area contributed by atoms with Crippen molar-refractivity contribution in [2.24, 2.45) is 16.0 Å². The minimum absolute atomic E-state index is 0.00538. The number of sulfone groups is 1. The van der Waals surface area contributed by atoms with Gasteiger partial charge in [0, 0.05) is 22.2 Å². The molecule has 4 aromatic carbocycles. The zero-order chi connectivity index (χ0) is 39.8. The molecular formula is C28H24ClN9O12S4. The SMILES string of the molecule is C=CS(=O)(=O)c1ccc(Nc2nc(Cl)nc(Nc3ccc(N=Nc4cc5c(S(=O)(=O)O)cc(S(O)(O)O)cc5cc4S(=O)(=O)O)c(NC(N)=O)c3)n2)cc1. The van der Waals surface area contributed by atoms with Crippen molar-refractivity contribution < 1.29 is 52.8 Å². The summed E-state index contributed by atoms with van der Waals surface area (Å²) in [4.78, 5) is 21.3. The Morgan fingerprint density at radius 3 is 1.85 bits per heavy atom. The van der Waals surface area contributed by atoms with Crippen molar-refractivity contribution in [3.05, 3.63) is 84.0 Å². The summed E-state index contributed by atoms with van der Waals surface area (Å²) >= 11 is 6.08. The number of nitrogens with zero attached hydrogens (tertiary/aromatic N) is 5. The Kier molecular flexibility index (Phi) is 10.9. The Morgan fingerprint density at radius 1 is 0.722 bits per heavy atom. The highest BCUT2D eigenvalue weighted by atomic mass is 35.5. The summed E-state index contributed by atoms with van der Waals surface area (Å²) in [5.74, 6) is -0.169. The molecule has 2 amide bonds. The number of carbonyl (C=O) groups is 1. The van der Waals surface area contributed by atoms with E-state index in [-0.39, 0.29) is 44.5 Å². The highest BCUT2D eigenvalue weighted by Gasteiger charge is 2.26. The number of benzene rings is 4. The Hall–Kier alpha value is -5.35. The number of amides is 2. The van der Waals surface area contributed by atoms with Gasteiger partial charge in [0.15, 0.2) is 9.84 Å². The molecule has 0 aliphatic carbocycles. The van der Waals surface area contributed by atoms with Gasteiger partial charge < -0.3 is 35.3 Å². The third-order valence-corrected chi connectivity index (χ3v) is 11.1. The zero-order valence-electron chi connectivity index (χ0n) is 26.6. The van der Waals surface area contributed by atoms with Gasteiger partial charge in [-0.15, -0.1) is 10.2 Å². The van der Waals surface area contributed by atoms with Gasteiger partial charge in [-0.05, 0) is 83.7 Å². The van der Waals surface area contributed by atoms with E-state index in [1.807, 2.05) is 0 Å². The first-order valence-electron chi connectivity index (χ1n) is 14.2. The van der Waals surface area contributed by atoms with Crippen LogP contribution in [-0.4, -0.2) is 69.0 Å². The molecule has 54 heavy (non-hydrogen) atoms. The number of nitrogens with two attached hydrogens (primary N) is 1. The van der Waals surface area contributed by atoms with E-state index in [2.05, 4.69) is 47.7 Å². The molecule has 21 nitrogen and oxygen atoms in total. The maximum absolute atomic E-state index is 12.3. The Balaban J connectivity index is 1.51. The van der Waals surface area contributed by atoms with Gasteiger partial charge in [-0.2, -0.15) is 31.8 Å². The molecule has 5 rings (SSSR count). The fraction of sp³-hybridized carbons (Fsp3) is 0. The molecule has 5 aromatic rings. The number of carbonyl (C=O) groups excluding carboxylic acids is 1. The van der Waals surface area contributed by atoms with Crippen molar-refractivity contribution in [1.82, 2.24) is 15.0 Å². The lowest BCUT2D eigenvalue weighted by Gasteiger charge is -2.20. The number of azo groups is 1. The molecule has 0 saturated heterocycles. The number of halogens is 1. The second-order valence-electron chi connectivity index (χ2n) is 10.6. The molecule has 0 aliphatic heterocycles. The molecule has 0 spiro atoms. The number of anilines is 5. The summed E-state index contributed by atoms with van der Waals surface area (Å²) in [5, 5.41) is 15.4. The molecule has 1 aromatic heterocycles. The van der Waals surface area contributed by atoms with Gasteiger partial charge >= 0.3 is 6.03 Å². The summed E-state index contributed by atoms with van der Waals surface area (Å²) in [7, 11) is -18.5. The Morgan fingerprint density at radius 2 is 1.30 bits per heavy atom. The van der Waals surface area contributed by atoms with E-state index in [0.717, 1.165) is 17.5 Å². The molecule has 0 saturated carbocycles. The molecule has 0 atom stereocenters. The van der Waals surface area contributed by atoms with Crippen molar-refractivity contribution in [2.45, 2.75) is 19.6 Å². The van der Waals surface area contributed by atoms with E-state index in [1.54, 1.807) is 0 Å². The molecule has 0 unspecified atom stereocenters. The van der Waals surface area contributed by atoms with Crippen LogP contribution in [0, 0.1) is 0 Å². The summed E-state index contributed by atoms with van der Waals surface area (Å²) in [6.07, 6.45) is 0. The first-order valence-corrected chi connectivity index (χ1v) is 20.5. The van der Waals surface area contributed by atoms with Gasteiger partial charge in [0.1, 0.15) is 32.0 Å². The lowest BCUT2D eigenvalue weighted by molar-refractivity contribution is 0.259. The van der Waals surface area contributed by atoms with E-state index in [4.69, 9.17) is 17.3 Å². The lowest BCUT2D eigenvalue weighted by Crippen LogP contribution is -2.19. The van der Waals surface area contributed by atoms with Crippen LogP contribution in [0.4, 0.5) is 45.1 Å². The summed E-state index contributed by atoms with van der Waals surface area (Å²) in [6.45, 7) is 3.28. The number of nitrogens with one attached hydrogen (secondary N) is 3. The molecular weight excluding hydrogens is 818 g/mol. The minimum Gasteiger partial charge on any atom is -0.351 e. The maximum atomic E-state index is 12.3. The monoisotopic (exact) mass is 841 g/mol. The van der Waals surface area contributed by atoms with Gasteiger partial charge in [0.05, 0.1) is 15.5 Å². The van der Waals surface area contributed by atoms with Crippen LogP contribution < -0.4 is 21.7 Å². The fourth-order valence-corrected chi connectivity index (χ4v) is 7.44. The van der Waals surface area contributed by atoms with E-state index in [0.29, 0.717) is 17.8 Å².